The van der Waals surface area contributed by atoms with Crippen molar-refractivity contribution >= 4 is 23.5 Å². The van der Waals surface area contributed by atoms with Gasteiger partial charge in [-0.2, -0.15) is 0 Å². The lowest BCUT2D eigenvalue weighted by Crippen LogP contribution is -2.05. The van der Waals surface area contributed by atoms with Gasteiger partial charge < -0.3 is 10.2 Å². The molecule has 1 aliphatic carbocycles. The molecular weight excluding hydrogens is 348 g/mol. The Hall–Kier alpha value is -1.33. The summed E-state index contributed by atoms with van der Waals surface area (Å²) in [5, 5.41) is 18.7. The van der Waals surface area contributed by atoms with Crippen molar-refractivity contribution in [1.82, 2.24) is 0 Å². The zero-order valence-electron chi connectivity index (χ0n) is 15.9. The lowest BCUT2D eigenvalue weighted by Gasteiger charge is -2.08. The highest BCUT2D eigenvalue weighted by Crippen LogP contribution is 2.33. The Kier molecular flexibility index (Phi) is 11.3. The van der Waals surface area contributed by atoms with Crippen molar-refractivity contribution in [3.8, 4) is 0 Å². The van der Waals surface area contributed by atoms with Crippen LogP contribution in [0.25, 0.3) is 0 Å². The van der Waals surface area contributed by atoms with E-state index in [1.165, 1.54) is 11.8 Å². The zero-order chi connectivity index (χ0) is 19.4. The van der Waals surface area contributed by atoms with E-state index in [0.29, 0.717) is 6.42 Å². The molecule has 0 radical (unpaired) electrons. The number of carboxylic acid groups (broad SMARTS) is 1. The van der Waals surface area contributed by atoms with Crippen LogP contribution in [0.1, 0.15) is 64.7 Å². The summed E-state index contributed by atoms with van der Waals surface area (Å²) in [6.07, 6.45) is 16.6. The van der Waals surface area contributed by atoms with Crippen molar-refractivity contribution in [3.05, 3.63) is 34.8 Å². The van der Waals surface area contributed by atoms with Gasteiger partial charge in [0.1, 0.15) is 0 Å². The second kappa shape index (κ2) is 12.9. The molecular formula is C21H32O4S. The van der Waals surface area contributed by atoms with Crippen LogP contribution in [0.4, 0.5) is 0 Å². The van der Waals surface area contributed by atoms with Crippen LogP contribution >= 0.6 is 11.8 Å². The predicted molar refractivity (Wildman–Crippen MR) is 108 cm³/mol. The van der Waals surface area contributed by atoms with Gasteiger partial charge in [0.2, 0.25) is 0 Å². The minimum atomic E-state index is -0.758. The van der Waals surface area contributed by atoms with Crippen molar-refractivity contribution < 1.29 is 19.8 Å². The molecule has 2 atom stereocenters. The topological polar surface area (TPSA) is 74.6 Å². The Morgan fingerprint density at radius 3 is 2.69 bits per heavy atom. The van der Waals surface area contributed by atoms with Gasteiger partial charge in [0.25, 0.3) is 0 Å². The highest BCUT2D eigenvalue weighted by molar-refractivity contribution is 8.03. The van der Waals surface area contributed by atoms with Gasteiger partial charge >= 0.3 is 5.97 Å². The van der Waals surface area contributed by atoms with Gasteiger partial charge in [0.05, 0.1) is 11.0 Å². The maximum absolute atomic E-state index is 12.5. The summed E-state index contributed by atoms with van der Waals surface area (Å²) in [5.41, 5.74) is 0.782. The molecule has 26 heavy (non-hydrogen) atoms. The van der Waals surface area contributed by atoms with Gasteiger partial charge in [-0.05, 0) is 31.9 Å². The number of thioether (sulfide) groups is 1. The smallest absolute Gasteiger partial charge is 0.303 e. The van der Waals surface area contributed by atoms with E-state index in [-0.39, 0.29) is 18.1 Å². The number of unbranched alkanes of at least 4 members (excludes halogenated alkanes) is 5. The molecule has 0 saturated heterocycles. The van der Waals surface area contributed by atoms with Gasteiger partial charge in [0.15, 0.2) is 5.78 Å². The number of aliphatic carboxylic acids is 1. The summed E-state index contributed by atoms with van der Waals surface area (Å²) in [6, 6.07) is 0. The first kappa shape index (κ1) is 22.7. The van der Waals surface area contributed by atoms with Crippen LogP contribution < -0.4 is 0 Å². The van der Waals surface area contributed by atoms with E-state index in [0.717, 1.165) is 55.4 Å². The van der Waals surface area contributed by atoms with Crippen molar-refractivity contribution in [2.45, 2.75) is 70.8 Å². The van der Waals surface area contributed by atoms with Crippen LogP contribution in [0.3, 0.4) is 0 Å². The van der Waals surface area contributed by atoms with Gasteiger partial charge in [-0.25, -0.2) is 0 Å². The van der Waals surface area contributed by atoms with Crippen LogP contribution in [0.5, 0.6) is 0 Å². The number of carboxylic acids is 1. The molecule has 0 saturated carbocycles. The number of carbonyl (C=O) groups excluding carboxylic acids is 1. The number of hydrogen-bond donors (Lipinski definition) is 2. The van der Waals surface area contributed by atoms with E-state index in [1.807, 2.05) is 30.6 Å². The lowest BCUT2D eigenvalue weighted by atomic mass is 9.98. The number of carbonyl (C=O) groups is 2. The third-order valence-electron chi connectivity index (χ3n) is 4.50. The molecule has 146 valence electrons. The molecule has 2 N–H and O–H groups in total. The molecule has 0 aromatic rings. The maximum Gasteiger partial charge on any atom is 0.303 e. The van der Waals surface area contributed by atoms with Crippen LogP contribution in [0.2, 0.25) is 0 Å². The Balaban J connectivity index is 2.59. The molecule has 0 heterocycles. The Morgan fingerprint density at radius 2 is 2.04 bits per heavy atom. The Bertz CT molecular complexity index is 548. The highest BCUT2D eigenvalue weighted by atomic mass is 32.2. The molecule has 0 spiro atoms. The molecule has 0 fully saturated rings. The molecule has 4 nitrogen and oxygen atoms in total. The van der Waals surface area contributed by atoms with Gasteiger partial charge in [-0.3, -0.25) is 9.59 Å². The van der Waals surface area contributed by atoms with E-state index in [9.17, 15) is 14.7 Å². The molecule has 1 rings (SSSR count). The molecule has 5 heteroatoms. The largest absolute Gasteiger partial charge is 0.481 e. The molecule has 0 amide bonds. The van der Waals surface area contributed by atoms with E-state index in [4.69, 9.17) is 5.11 Å². The molecule has 0 bridgehead atoms. The van der Waals surface area contributed by atoms with E-state index >= 15 is 0 Å². The summed E-state index contributed by atoms with van der Waals surface area (Å²) in [4.78, 5) is 23.8. The predicted octanol–water partition coefficient (Wildman–Crippen LogP) is 4.89. The first-order chi connectivity index (χ1) is 12.5. The minimum Gasteiger partial charge on any atom is -0.481 e. The molecule has 0 aromatic heterocycles. The average Bonchev–Trinajstić information content (AvgIpc) is 2.91. The Morgan fingerprint density at radius 1 is 1.27 bits per heavy atom. The van der Waals surface area contributed by atoms with Crippen LogP contribution in [-0.4, -0.2) is 34.3 Å². The summed E-state index contributed by atoms with van der Waals surface area (Å²) >= 11 is 1.46. The van der Waals surface area contributed by atoms with Crippen LogP contribution in [-0.2, 0) is 9.59 Å². The second-order valence-corrected chi connectivity index (χ2v) is 7.54. The van der Waals surface area contributed by atoms with Gasteiger partial charge in [-0.1, -0.05) is 56.9 Å². The third kappa shape index (κ3) is 8.37. The summed E-state index contributed by atoms with van der Waals surface area (Å²) in [6.45, 7) is 2.14. The van der Waals surface area contributed by atoms with E-state index < -0.39 is 12.1 Å². The fraction of sp³-hybridized carbons (Fsp3) is 0.619. The normalized spacial score (nSPS) is 20.1. The average molecular weight is 381 g/mol. The number of aliphatic hydroxyl groups excluding tert-OH is 1. The number of rotatable bonds is 13. The highest BCUT2D eigenvalue weighted by Gasteiger charge is 2.27. The number of aliphatic hydroxyl groups is 1. The number of Topliss-reactive ketones (excluding diaryl/α,β-unsaturated/α-hetero) is 1. The first-order valence-corrected chi connectivity index (χ1v) is 10.8. The number of allylic oxidation sites excluding steroid dienone is 5. The molecule has 0 aromatic carbocycles. The van der Waals surface area contributed by atoms with E-state index in [2.05, 4.69) is 6.92 Å². The number of hydrogen-bond acceptors (Lipinski definition) is 4. The van der Waals surface area contributed by atoms with Crippen molar-refractivity contribution in [1.29, 1.82) is 0 Å². The zero-order valence-corrected chi connectivity index (χ0v) is 16.8. The lowest BCUT2D eigenvalue weighted by molar-refractivity contribution is -0.137. The fourth-order valence-corrected chi connectivity index (χ4v) is 3.56. The Labute approximate surface area is 161 Å². The first-order valence-electron chi connectivity index (χ1n) is 9.58. The summed E-state index contributed by atoms with van der Waals surface area (Å²) < 4.78 is 0. The molecule has 0 aliphatic heterocycles. The monoisotopic (exact) mass is 380 g/mol. The number of ketones is 1. The molecule has 2 unspecified atom stereocenters. The fourth-order valence-electron chi connectivity index (χ4n) is 2.97. The third-order valence-corrected chi connectivity index (χ3v) is 5.26. The van der Waals surface area contributed by atoms with E-state index in [1.54, 1.807) is 0 Å². The van der Waals surface area contributed by atoms with Crippen molar-refractivity contribution in [2.75, 3.05) is 6.26 Å². The maximum atomic E-state index is 12.5. The standard InChI is InChI=1S/C21H32O4S/c1-3-4-7-10-17(22)14-13-16-15-19(26-2)21(25)18(16)11-8-5-6-9-12-20(23)24/h11,13-17,22H,3-10,12H2,1-2H3,(H,23,24)/b14-13+,18-11-. The quantitative estimate of drug-likeness (QED) is 0.270. The van der Waals surface area contributed by atoms with Gasteiger partial charge in [-0.15, -0.1) is 11.8 Å². The van der Waals surface area contributed by atoms with Crippen LogP contribution in [0.15, 0.2) is 34.8 Å². The van der Waals surface area contributed by atoms with Crippen LogP contribution in [0, 0.1) is 5.92 Å². The SMILES string of the molecule is CCCCCC(O)/C=C/C1C=C(SC)C(=O)/C1=C\CCCCCC(=O)O. The van der Waals surface area contributed by atoms with Crippen molar-refractivity contribution in [3.63, 3.8) is 0 Å². The van der Waals surface area contributed by atoms with Crippen molar-refractivity contribution in [2.24, 2.45) is 5.92 Å². The second-order valence-electron chi connectivity index (χ2n) is 6.69. The summed E-state index contributed by atoms with van der Waals surface area (Å²) in [7, 11) is 0. The van der Waals surface area contributed by atoms with Gasteiger partial charge in [0, 0.05) is 17.9 Å². The molecule has 1 aliphatic rings. The minimum absolute atomic E-state index is 0.0650. The summed E-state index contributed by atoms with van der Waals surface area (Å²) in [5.74, 6) is -0.742.